The molecule has 0 aliphatic carbocycles. The molecule has 1 amide bonds. The van der Waals surface area contributed by atoms with E-state index in [-0.39, 0.29) is 5.91 Å². The van der Waals surface area contributed by atoms with Crippen molar-refractivity contribution in [1.82, 2.24) is 5.32 Å². The van der Waals surface area contributed by atoms with Gasteiger partial charge in [0.2, 0.25) is 0 Å². The van der Waals surface area contributed by atoms with Crippen LogP contribution in [0.3, 0.4) is 0 Å². The normalized spacial score (nSPS) is 12.5. The van der Waals surface area contributed by atoms with Crippen molar-refractivity contribution < 1.29 is 9.21 Å². The maximum Gasteiger partial charge on any atom is 0.287 e. The first-order valence-corrected chi connectivity index (χ1v) is 5.98. The van der Waals surface area contributed by atoms with Gasteiger partial charge in [-0.3, -0.25) is 4.79 Å². The zero-order chi connectivity index (χ0) is 10.6. The molecule has 0 bridgehead atoms. The van der Waals surface area contributed by atoms with E-state index in [1.165, 1.54) is 0 Å². The molecule has 0 saturated carbocycles. The van der Waals surface area contributed by atoms with Crippen molar-refractivity contribution in [3.8, 4) is 0 Å². The average molecular weight is 325 g/mol. The van der Waals surface area contributed by atoms with E-state index >= 15 is 0 Å². The van der Waals surface area contributed by atoms with Crippen LogP contribution in [0.25, 0.3) is 0 Å². The highest BCUT2D eigenvalue weighted by Crippen LogP contribution is 2.13. The van der Waals surface area contributed by atoms with Crippen LogP contribution in [-0.2, 0) is 0 Å². The van der Waals surface area contributed by atoms with Crippen LogP contribution in [-0.4, -0.2) is 17.3 Å². The minimum Gasteiger partial charge on any atom is -0.444 e. The Labute approximate surface area is 99.5 Å². The molecule has 0 spiro atoms. The zero-order valence-corrected chi connectivity index (χ0v) is 10.9. The van der Waals surface area contributed by atoms with Crippen molar-refractivity contribution in [2.75, 3.05) is 6.54 Å². The number of carbonyl (C=O) groups is 1. The SMILES string of the molecule is CC(Br)CCNC(=O)c1ccc(Br)o1. The van der Waals surface area contributed by atoms with Crippen molar-refractivity contribution in [3.63, 3.8) is 0 Å². The fourth-order valence-electron chi connectivity index (χ4n) is 0.908. The number of amides is 1. The van der Waals surface area contributed by atoms with Gasteiger partial charge in [-0.2, -0.15) is 0 Å². The Balaban J connectivity index is 2.36. The molecule has 0 radical (unpaired) electrons. The molecule has 1 aromatic rings. The number of alkyl halides is 1. The van der Waals surface area contributed by atoms with Crippen LogP contribution in [0.4, 0.5) is 0 Å². The van der Waals surface area contributed by atoms with Crippen LogP contribution in [0.15, 0.2) is 21.2 Å². The molecule has 1 heterocycles. The molecule has 0 aliphatic heterocycles. The van der Waals surface area contributed by atoms with Crippen LogP contribution in [0.1, 0.15) is 23.9 Å². The summed E-state index contributed by atoms with van der Waals surface area (Å²) in [5.74, 6) is 0.156. The summed E-state index contributed by atoms with van der Waals surface area (Å²) in [5, 5.41) is 2.76. The Morgan fingerprint density at radius 1 is 1.64 bits per heavy atom. The largest absolute Gasteiger partial charge is 0.444 e. The summed E-state index contributed by atoms with van der Waals surface area (Å²) in [6, 6.07) is 3.33. The molecule has 1 aromatic heterocycles. The molecule has 0 aromatic carbocycles. The number of nitrogens with one attached hydrogen (secondary N) is 1. The summed E-state index contributed by atoms with van der Waals surface area (Å²) in [6.07, 6.45) is 0.896. The lowest BCUT2D eigenvalue weighted by Gasteiger charge is -2.03. The highest BCUT2D eigenvalue weighted by molar-refractivity contribution is 9.10. The van der Waals surface area contributed by atoms with Gasteiger partial charge < -0.3 is 9.73 Å². The average Bonchev–Trinajstić information content (AvgIpc) is 2.51. The van der Waals surface area contributed by atoms with Gasteiger partial charge in [-0.25, -0.2) is 0 Å². The smallest absolute Gasteiger partial charge is 0.287 e. The van der Waals surface area contributed by atoms with Gasteiger partial charge in [0.1, 0.15) is 0 Å². The standard InChI is InChI=1S/C9H11Br2NO2/c1-6(10)4-5-12-9(13)7-2-3-8(11)14-7/h2-3,6H,4-5H2,1H3,(H,12,13). The number of carbonyl (C=O) groups excluding carboxylic acids is 1. The zero-order valence-electron chi connectivity index (χ0n) is 7.72. The van der Waals surface area contributed by atoms with Crippen molar-refractivity contribution >= 4 is 37.8 Å². The highest BCUT2D eigenvalue weighted by atomic mass is 79.9. The van der Waals surface area contributed by atoms with Crippen LogP contribution in [0.5, 0.6) is 0 Å². The first-order chi connectivity index (χ1) is 6.59. The monoisotopic (exact) mass is 323 g/mol. The summed E-state index contributed by atoms with van der Waals surface area (Å²) in [7, 11) is 0. The topological polar surface area (TPSA) is 42.2 Å². The predicted molar refractivity (Wildman–Crippen MR) is 61.7 cm³/mol. The number of furan rings is 1. The lowest BCUT2D eigenvalue weighted by Crippen LogP contribution is -2.25. The van der Waals surface area contributed by atoms with Crippen molar-refractivity contribution in [2.45, 2.75) is 18.2 Å². The fraction of sp³-hybridized carbons (Fsp3) is 0.444. The summed E-state index contributed by atoms with van der Waals surface area (Å²) in [6.45, 7) is 2.68. The van der Waals surface area contributed by atoms with E-state index in [9.17, 15) is 4.79 Å². The van der Waals surface area contributed by atoms with Crippen molar-refractivity contribution in [2.24, 2.45) is 0 Å². The molecule has 1 unspecified atom stereocenters. The Kier molecular flexibility index (Phi) is 4.68. The number of hydrogen-bond acceptors (Lipinski definition) is 2. The molecular formula is C9H11Br2NO2. The van der Waals surface area contributed by atoms with Crippen LogP contribution in [0.2, 0.25) is 0 Å². The molecule has 14 heavy (non-hydrogen) atoms. The second-order valence-corrected chi connectivity index (χ2v) is 5.27. The maximum absolute atomic E-state index is 11.4. The highest BCUT2D eigenvalue weighted by Gasteiger charge is 2.09. The van der Waals surface area contributed by atoms with Gasteiger partial charge in [-0.15, -0.1) is 0 Å². The Hall–Kier alpha value is -0.290. The summed E-state index contributed by atoms with van der Waals surface area (Å²) < 4.78 is 5.66. The van der Waals surface area contributed by atoms with Crippen molar-refractivity contribution in [1.29, 1.82) is 0 Å². The van der Waals surface area contributed by atoms with Crippen LogP contribution >= 0.6 is 31.9 Å². The van der Waals surface area contributed by atoms with E-state index in [1.54, 1.807) is 12.1 Å². The Bertz CT molecular complexity index is 310. The number of hydrogen-bond donors (Lipinski definition) is 1. The van der Waals surface area contributed by atoms with Gasteiger partial charge in [-0.1, -0.05) is 22.9 Å². The van der Waals surface area contributed by atoms with Crippen molar-refractivity contribution in [3.05, 3.63) is 22.6 Å². The molecule has 0 aliphatic rings. The quantitative estimate of drug-likeness (QED) is 0.865. The van der Waals surface area contributed by atoms with Gasteiger partial charge in [0.05, 0.1) is 0 Å². The Morgan fingerprint density at radius 2 is 2.36 bits per heavy atom. The number of rotatable bonds is 4. The first kappa shape index (κ1) is 11.8. The van der Waals surface area contributed by atoms with E-state index in [4.69, 9.17) is 4.42 Å². The molecule has 0 saturated heterocycles. The van der Waals surface area contributed by atoms with Gasteiger partial charge in [0.15, 0.2) is 10.4 Å². The minimum atomic E-state index is -0.177. The molecule has 5 heteroatoms. The van der Waals surface area contributed by atoms with E-state index in [0.29, 0.717) is 21.8 Å². The minimum absolute atomic E-state index is 0.177. The van der Waals surface area contributed by atoms with Gasteiger partial charge in [0.25, 0.3) is 5.91 Å². The lowest BCUT2D eigenvalue weighted by molar-refractivity contribution is 0.0924. The maximum atomic E-state index is 11.4. The van der Waals surface area contributed by atoms with Crippen LogP contribution in [0, 0.1) is 0 Å². The third-order valence-electron chi connectivity index (χ3n) is 1.62. The van der Waals surface area contributed by atoms with Gasteiger partial charge in [0, 0.05) is 11.4 Å². The van der Waals surface area contributed by atoms with Gasteiger partial charge in [-0.05, 0) is 34.5 Å². The fourth-order valence-corrected chi connectivity index (χ4v) is 1.44. The molecule has 1 rings (SSSR count). The van der Waals surface area contributed by atoms with Gasteiger partial charge >= 0.3 is 0 Å². The summed E-state index contributed by atoms with van der Waals surface area (Å²) >= 11 is 6.54. The Morgan fingerprint density at radius 3 is 2.86 bits per heavy atom. The summed E-state index contributed by atoms with van der Waals surface area (Å²) in [5.41, 5.74) is 0. The summed E-state index contributed by atoms with van der Waals surface area (Å²) in [4.78, 5) is 11.8. The second kappa shape index (κ2) is 5.56. The molecule has 1 atom stereocenters. The lowest BCUT2D eigenvalue weighted by atomic mass is 10.3. The number of halogens is 2. The van der Waals surface area contributed by atoms with E-state index in [1.807, 2.05) is 6.92 Å². The van der Waals surface area contributed by atoms with E-state index < -0.39 is 0 Å². The molecule has 0 fully saturated rings. The first-order valence-electron chi connectivity index (χ1n) is 4.27. The van der Waals surface area contributed by atoms with Crippen LogP contribution < -0.4 is 5.32 Å². The van der Waals surface area contributed by atoms with E-state index in [0.717, 1.165) is 6.42 Å². The molecular weight excluding hydrogens is 314 g/mol. The second-order valence-electron chi connectivity index (χ2n) is 2.93. The predicted octanol–water partition coefficient (Wildman–Crippen LogP) is 2.95. The molecule has 78 valence electrons. The van der Waals surface area contributed by atoms with E-state index in [2.05, 4.69) is 37.2 Å². The third-order valence-corrected chi connectivity index (χ3v) is 2.51. The molecule has 1 N–H and O–H groups in total. The third kappa shape index (κ3) is 3.84. The molecule has 3 nitrogen and oxygen atoms in total.